The van der Waals surface area contributed by atoms with E-state index in [1.807, 2.05) is 42.8 Å². The largest absolute Gasteiger partial charge is 0.368 e. The van der Waals surface area contributed by atoms with E-state index >= 15 is 0 Å². The molecule has 1 aliphatic rings. The highest BCUT2D eigenvalue weighted by Gasteiger charge is 2.36. The molecule has 2 N–H and O–H groups in total. The standard InChI is InChI=1S/C16H15N3O3S/c1-9-11(10-5-3-4-6-12(10)18(9)2)7-13-15(21)19(8-14(17)20)16(22)23-13/h3-7H,8H2,1-2H3,(H2,17,20)/b13-7-. The maximum absolute atomic E-state index is 12.3. The average Bonchev–Trinajstić information content (AvgIpc) is 2.91. The van der Waals surface area contributed by atoms with Crippen LogP contribution in [-0.2, 0) is 16.6 Å². The number of thioether (sulfide) groups is 1. The first-order valence-electron chi connectivity index (χ1n) is 6.98. The molecule has 1 saturated heterocycles. The Bertz CT molecular complexity index is 882. The van der Waals surface area contributed by atoms with Crippen LogP contribution in [0.3, 0.4) is 0 Å². The Morgan fingerprint density at radius 3 is 2.70 bits per heavy atom. The Hall–Kier alpha value is -2.54. The van der Waals surface area contributed by atoms with Gasteiger partial charge >= 0.3 is 0 Å². The number of aryl methyl sites for hydroxylation is 1. The van der Waals surface area contributed by atoms with Gasteiger partial charge in [-0.1, -0.05) is 18.2 Å². The summed E-state index contributed by atoms with van der Waals surface area (Å²) < 4.78 is 2.04. The number of rotatable bonds is 3. The van der Waals surface area contributed by atoms with Crippen LogP contribution in [0.5, 0.6) is 0 Å². The highest BCUT2D eigenvalue weighted by atomic mass is 32.2. The zero-order valence-electron chi connectivity index (χ0n) is 12.7. The predicted molar refractivity (Wildman–Crippen MR) is 89.5 cm³/mol. The number of benzene rings is 1. The Morgan fingerprint density at radius 2 is 2.00 bits per heavy atom. The lowest BCUT2D eigenvalue weighted by Crippen LogP contribution is -2.36. The van der Waals surface area contributed by atoms with Gasteiger partial charge in [-0.15, -0.1) is 0 Å². The summed E-state index contributed by atoms with van der Waals surface area (Å²) in [5.41, 5.74) is 8.02. The van der Waals surface area contributed by atoms with Crippen LogP contribution in [0.25, 0.3) is 17.0 Å². The van der Waals surface area contributed by atoms with Gasteiger partial charge in [0.15, 0.2) is 0 Å². The van der Waals surface area contributed by atoms with E-state index in [1.54, 1.807) is 6.08 Å². The van der Waals surface area contributed by atoms with Gasteiger partial charge in [0.05, 0.1) is 4.91 Å². The van der Waals surface area contributed by atoms with E-state index in [9.17, 15) is 14.4 Å². The minimum atomic E-state index is -0.713. The molecule has 23 heavy (non-hydrogen) atoms. The molecule has 1 aromatic heterocycles. The van der Waals surface area contributed by atoms with Gasteiger partial charge in [0.25, 0.3) is 11.1 Å². The number of hydrogen-bond donors (Lipinski definition) is 1. The number of nitrogens with zero attached hydrogens (tertiary/aromatic N) is 2. The fourth-order valence-corrected chi connectivity index (χ4v) is 3.48. The maximum Gasteiger partial charge on any atom is 0.294 e. The average molecular weight is 329 g/mol. The monoisotopic (exact) mass is 329 g/mol. The molecule has 0 atom stereocenters. The number of carbonyl (C=O) groups excluding carboxylic acids is 3. The summed E-state index contributed by atoms with van der Waals surface area (Å²) in [6.45, 7) is 1.57. The summed E-state index contributed by atoms with van der Waals surface area (Å²) in [5.74, 6) is -1.19. The first-order valence-corrected chi connectivity index (χ1v) is 7.79. The molecule has 118 valence electrons. The van der Waals surface area contributed by atoms with E-state index in [-0.39, 0.29) is 0 Å². The molecule has 0 aliphatic carbocycles. The van der Waals surface area contributed by atoms with Crippen LogP contribution in [0.4, 0.5) is 4.79 Å². The Labute approximate surface area is 136 Å². The Morgan fingerprint density at radius 1 is 1.30 bits per heavy atom. The third-order valence-electron chi connectivity index (χ3n) is 3.91. The van der Waals surface area contributed by atoms with Crippen molar-refractivity contribution >= 4 is 45.8 Å². The fraction of sp³-hybridized carbons (Fsp3) is 0.188. The highest BCUT2D eigenvalue weighted by Crippen LogP contribution is 2.35. The van der Waals surface area contributed by atoms with Crippen molar-refractivity contribution < 1.29 is 14.4 Å². The zero-order chi connectivity index (χ0) is 16.7. The normalized spacial score (nSPS) is 16.8. The molecule has 3 amide bonds. The molecule has 2 heterocycles. The van der Waals surface area contributed by atoms with Crippen LogP contribution in [0.15, 0.2) is 29.2 Å². The van der Waals surface area contributed by atoms with E-state index in [1.165, 1.54) is 0 Å². The molecule has 7 heteroatoms. The van der Waals surface area contributed by atoms with Crippen LogP contribution in [-0.4, -0.2) is 33.1 Å². The van der Waals surface area contributed by atoms with Gasteiger partial charge in [-0.25, -0.2) is 0 Å². The summed E-state index contributed by atoms with van der Waals surface area (Å²) in [7, 11) is 1.95. The summed E-state index contributed by atoms with van der Waals surface area (Å²) in [6, 6.07) is 7.85. The first kappa shape index (κ1) is 15.4. The second-order valence-electron chi connectivity index (χ2n) is 5.31. The lowest BCUT2D eigenvalue weighted by molar-refractivity contribution is -0.127. The molecule has 0 bridgehead atoms. The van der Waals surface area contributed by atoms with Gasteiger partial charge in [0.1, 0.15) is 6.54 Å². The van der Waals surface area contributed by atoms with E-state index < -0.39 is 23.6 Å². The van der Waals surface area contributed by atoms with Crippen LogP contribution < -0.4 is 5.73 Å². The summed E-state index contributed by atoms with van der Waals surface area (Å²) in [6.07, 6.45) is 1.71. The zero-order valence-corrected chi connectivity index (χ0v) is 13.5. The molecule has 1 aliphatic heterocycles. The lowest BCUT2D eigenvalue weighted by atomic mass is 10.1. The van der Waals surface area contributed by atoms with Crippen LogP contribution in [0, 0.1) is 6.92 Å². The number of nitrogens with two attached hydrogens (primary N) is 1. The molecule has 2 aromatic rings. The van der Waals surface area contributed by atoms with Crippen LogP contribution in [0.1, 0.15) is 11.3 Å². The fourth-order valence-electron chi connectivity index (χ4n) is 2.66. The lowest BCUT2D eigenvalue weighted by Gasteiger charge is -2.08. The van der Waals surface area contributed by atoms with Crippen molar-refractivity contribution in [2.75, 3.05) is 6.54 Å². The third-order valence-corrected chi connectivity index (χ3v) is 4.82. The number of primary amides is 1. The molecule has 0 saturated carbocycles. The molecule has 0 unspecified atom stereocenters. The second kappa shape index (κ2) is 5.58. The Balaban J connectivity index is 2.06. The van der Waals surface area contributed by atoms with Crippen molar-refractivity contribution in [3.8, 4) is 0 Å². The van der Waals surface area contributed by atoms with Crippen molar-refractivity contribution in [1.82, 2.24) is 9.47 Å². The summed E-state index contributed by atoms with van der Waals surface area (Å²) >= 11 is 0.827. The Kier molecular flexibility index (Phi) is 3.73. The van der Waals surface area contributed by atoms with Gasteiger partial charge in [-0.05, 0) is 30.8 Å². The van der Waals surface area contributed by atoms with Gasteiger partial charge in [-0.3, -0.25) is 19.3 Å². The SMILES string of the molecule is Cc1c(/C=C2\SC(=O)N(CC(N)=O)C2=O)c2ccccc2n1C. The molecule has 1 fully saturated rings. The topological polar surface area (TPSA) is 85.4 Å². The van der Waals surface area contributed by atoms with Crippen LogP contribution >= 0.6 is 11.8 Å². The smallest absolute Gasteiger partial charge is 0.294 e. The molecule has 3 rings (SSSR count). The molecule has 1 aromatic carbocycles. The number of para-hydroxylation sites is 1. The van der Waals surface area contributed by atoms with E-state index in [0.29, 0.717) is 4.91 Å². The van der Waals surface area contributed by atoms with Crippen molar-refractivity contribution in [2.24, 2.45) is 12.8 Å². The molecular formula is C16H15N3O3S. The summed E-state index contributed by atoms with van der Waals surface area (Å²) in [5, 5.41) is 0.534. The van der Waals surface area contributed by atoms with Crippen molar-refractivity contribution in [2.45, 2.75) is 6.92 Å². The highest BCUT2D eigenvalue weighted by molar-refractivity contribution is 8.18. The minimum absolute atomic E-state index is 0.302. The van der Waals surface area contributed by atoms with Gasteiger partial charge in [-0.2, -0.15) is 0 Å². The number of fused-ring (bicyclic) bond motifs is 1. The summed E-state index contributed by atoms with van der Waals surface area (Å²) in [4.78, 5) is 36.4. The van der Waals surface area contributed by atoms with E-state index in [2.05, 4.69) is 0 Å². The predicted octanol–water partition coefficient (Wildman–Crippen LogP) is 2.01. The van der Waals surface area contributed by atoms with Crippen LogP contribution in [0.2, 0.25) is 0 Å². The van der Waals surface area contributed by atoms with E-state index in [4.69, 9.17) is 5.73 Å². The minimum Gasteiger partial charge on any atom is -0.368 e. The maximum atomic E-state index is 12.3. The number of imide groups is 1. The number of hydrogen-bond acceptors (Lipinski definition) is 4. The quantitative estimate of drug-likeness (QED) is 0.873. The number of amides is 3. The van der Waals surface area contributed by atoms with Crippen molar-refractivity contribution in [3.63, 3.8) is 0 Å². The van der Waals surface area contributed by atoms with Gasteiger partial charge in [0.2, 0.25) is 5.91 Å². The van der Waals surface area contributed by atoms with Gasteiger partial charge in [0, 0.05) is 29.2 Å². The number of carbonyl (C=O) groups is 3. The molecule has 6 nitrogen and oxygen atoms in total. The van der Waals surface area contributed by atoms with Crippen molar-refractivity contribution in [3.05, 3.63) is 40.4 Å². The van der Waals surface area contributed by atoms with Crippen molar-refractivity contribution in [1.29, 1.82) is 0 Å². The third kappa shape index (κ3) is 2.53. The van der Waals surface area contributed by atoms with Gasteiger partial charge < -0.3 is 10.3 Å². The number of aromatic nitrogens is 1. The molecule has 0 radical (unpaired) electrons. The molecular weight excluding hydrogens is 314 g/mol. The van der Waals surface area contributed by atoms with E-state index in [0.717, 1.165) is 38.8 Å². The molecule has 0 spiro atoms. The second-order valence-corrected chi connectivity index (χ2v) is 6.30. The first-order chi connectivity index (χ1) is 10.9.